The molecule has 3 rings (SSSR count). The van der Waals surface area contributed by atoms with Crippen molar-refractivity contribution in [3.8, 4) is 0 Å². The fraction of sp³-hybridized carbons (Fsp3) is 0.263. The number of benzene rings is 2. The maximum atomic E-state index is 13.1. The molecule has 0 fully saturated rings. The molecule has 0 radical (unpaired) electrons. The molecule has 3 aromatic rings. The second kappa shape index (κ2) is 8.35. The van der Waals surface area contributed by atoms with E-state index in [0.717, 1.165) is 23.2 Å². The van der Waals surface area contributed by atoms with Crippen LogP contribution < -0.4 is 4.90 Å². The Hall–Kier alpha value is -1.66. The van der Waals surface area contributed by atoms with Gasteiger partial charge < -0.3 is 4.90 Å². The molecule has 0 aliphatic carbocycles. The summed E-state index contributed by atoms with van der Waals surface area (Å²) in [5.41, 5.74) is 1.32. The van der Waals surface area contributed by atoms with Gasteiger partial charge in [-0.3, -0.25) is 9.69 Å². The Kier molecular flexibility index (Phi) is 6.14. The van der Waals surface area contributed by atoms with Crippen molar-refractivity contribution in [2.75, 3.05) is 32.1 Å². The number of para-hydroxylation sites is 1. The lowest BCUT2D eigenvalue weighted by Crippen LogP contribution is -2.33. The third-order valence-electron chi connectivity index (χ3n) is 3.91. The molecule has 0 N–H and O–H groups in total. The van der Waals surface area contributed by atoms with Gasteiger partial charge in [0.05, 0.1) is 9.72 Å². The van der Waals surface area contributed by atoms with Crippen LogP contribution in [0.4, 0.5) is 5.13 Å². The number of anilines is 1. The van der Waals surface area contributed by atoms with E-state index in [1.165, 1.54) is 11.3 Å². The topological polar surface area (TPSA) is 36.4 Å². The van der Waals surface area contributed by atoms with E-state index in [2.05, 4.69) is 9.88 Å². The molecule has 1 amide bonds. The highest BCUT2D eigenvalue weighted by Gasteiger charge is 2.21. The lowest BCUT2D eigenvalue weighted by molar-refractivity contribution is 0.0986. The summed E-state index contributed by atoms with van der Waals surface area (Å²) in [7, 11) is 4.03. The van der Waals surface area contributed by atoms with Crippen LogP contribution in [0.15, 0.2) is 42.5 Å². The van der Waals surface area contributed by atoms with Crippen LogP contribution in [0.25, 0.3) is 10.2 Å². The minimum atomic E-state index is -0.0874. The zero-order valence-corrected chi connectivity index (χ0v) is 16.9. The summed E-state index contributed by atoms with van der Waals surface area (Å²) < 4.78 is 0.967. The van der Waals surface area contributed by atoms with Gasteiger partial charge in [-0.25, -0.2) is 4.98 Å². The van der Waals surface area contributed by atoms with E-state index >= 15 is 0 Å². The molecule has 0 aliphatic heterocycles. The van der Waals surface area contributed by atoms with Crippen molar-refractivity contribution in [2.24, 2.45) is 0 Å². The summed E-state index contributed by atoms with van der Waals surface area (Å²) in [4.78, 5) is 21.6. The van der Waals surface area contributed by atoms with E-state index < -0.39 is 0 Å². The van der Waals surface area contributed by atoms with Gasteiger partial charge in [-0.1, -0.05) is 40.6 Å². The van der Waals surface area contributed by atoms with Crippen molar-refractivity contribution in [1.29, 1.82) is 0 Å². The molecule has 0 unspecified atom stereocenters. The van der Waals surface area contributed by atoms with Crippen LogP contribution in [0.3, 0.4) is 0 Å². The quantitative estimate of drug-likeness (QED) is 0.563. The molecule has 4 nitrogen and oxygen atoms in total. The van der Waals surface area contributed by atoms with Crippen LogP contribution in [0.2, 0.25) is 10.0 Å². The Morgan fingerprint density at radius 3 is 2.46 bits per heavy atom. The number of halogens is 2. The summed E-state index contributed by atoms with van der Waals surface area (Å²) in [6.07, 6.45) is 0.843. The molecule has 26 heavy (non-hydrogen) atoms. The van der Waals surface area contributed by atoms with Gasteiger partial charge in [0.1, 0.15) is 5.52 Å². The molecule has 7 heteroatoms. The SMILES string of the molecule is CN(C)CCCN(C(=O)c1ccc(Cl)cc1)c1nc2c(Cl)cccc2s1. The van der Waals surface area contributed by atoms with Gasteiger partial charge in [0, 0.05) is 17.1 Å². The number of carbonyl (C=O) groups excluding carboxylic acids is 1. The van der Waals surface area contributed by atoms with E-state index in [9.17, 15) is 4.79 Å². The van der Waals surface area contributed by atoms with Gasteiger partial charge in [-0.05, 0) is 63.5 Å². The van der Waals surface area contributed by atoms with Gasteiger partial charge in [-0.15, -0.1) is 0 Å². The average molecular weight is 408 g/mol. The highest BCUT2D eigenvalue weighted by atomic mass is 35.5. The monoisotopic (exact) mass is 407 g/mol. The van der Waals surface area contributed by atoms with Crippen molar-refractivity contribution in [3.05, 3.63) is 58.1 Å². The molecule has 0 saturated carbocycles. The third kappa shape index (κ3) is 4.35. The maximum absolute atomic E-state index is 13.1. The Balaban J connectivity index is 1.94. The summed E-state index contributed by atoms with van der Waals surface area (Å²) in [5.74, 6) is -0.0874. The summed E-state index contributed by atoms with van der Waals surface area (Å²) in [6, 6.07) is 12.6. The number of carbonyl (C=O) groups is 1. The molecule has 0 aliphatic rings. The summed E-state index contributed by atoms with van der Waals surface area (Å²) in [5, 5.41) is 1.86. The van der Waals surface area contributed by atoms with E-state index in [4.69, 9.17) is 23.2 Å². The summed E-state index contributed by atoms with van der Waals surface area (Å²) >= 11 is 13.7. The van der Waals surface area contributed by atoms with Crippen LogP contribution in [-0.4, -0.2) is 43.0 Å². The second-order valence-electron chi connectivity index (χ2n) is 6.20. The van der Waals surface area contributed by atoms with E-state index in [1.54, 1.807) is 29.2 Å². The fourth-order valence-electron chi connectivity index (χ4n) is 2.60. The third-order valence-corrected chi connectivity index (χ3v) is 5.51. The number of nitrogens with zero attached hydrogens (tertiary/aromatic N) is 3. The van der Waals surface area contributed by atoms with Gasteiger partial charge in [0.25, 0.3) is 5.91 Å². The zero-order valence-electron chi connectivity index (χ0n) is 14.6. The number of aromatic nitrogens is 1. The second-order valence-corrected chi connectivity index (χ2v) is 8.06. The van der Waals surface area contributed by atoms with Gasteiger partial charge >= 0.3 is 0 Å². The molecular weight excluding hydrogens is 389 g/mol. The van der Waals surface area contributed by atoms with Crippen molar-refractivity contribution >= 4 is 55.8 Å². The highest BCUT2D eigenvalue weighted by Crippen LogP contribution is 2.33. The molecule has 136 valence electrons. The Morgan fingerprint density at radius 2 is 1.81 bits per heavy atom. The van der Waals surface area contributed by atoms with Crippen molar-refractivity contribution < 1.29 is 4.79 Å². The largest absolute Gasteiger partial charge is 0.309 e. The molecule has 0 saturated heterocycles. The zero-order chi connectivity index (χ0) is 18.7. The highest BCUT2D eigenvalue weighted by molar-refractivity contribution is 7.22. The van der Waals surface area contributed by atoms with Gasteiger partial charge in [-0.2, -0.15) is 0 Å². The van der Waals surface area contributed by atoms with Crippen molar-refractivity contribution in [1.82, 2.24) is 9.88 Å². The standard InChI is InChI=1S/C19H19Cl2N3OS/c1-23(2)11-4-12-24(18(25)13-7-9-14(20)10-8-13)19-22-17-15(21)5-3-6-16(17)26-19/h3,5-10H,4,11-12H2,1-2H3. The first-order valence-corrected chi connectivity index (χ1v) is 9.80. The van der Waals surface area contributed by atoms with Crippen LogP contribution in [0.5, 0.6) is 0 Å². The van der Waals surface area contributed by atoms with E-state index in [1.807, 2.05) is 32.3 Å². The number of hydrogen-bond donors (Lipinski definition) is 0. The van der Waals surface area contributed by atoms with Crippen molar-refractivity contribution in [2.45, 2.75) is 6.42 Å². The molecule has 0 spiro atoms. The Morgan fingerprint density at radius 1 is 1.08 bits per heavy atom. The average Bonchev–Trinajstić information content (AvgIpc) is 3.04. The number of amides is 1. The van der Waals surface area contributed by atoms with Crippen LogP contribution in [0, 0.1) is 0 Å². The Labute approximate surface area is 167 Å². The summed E-state index contributed by atoms with van der Waals surface area (Å²) in [6.45, 7) is 1.47. The van der Waals surface area contributed by atoms with Crippen LogP contribution >= 0.6 is 34.5 Å². The number of thiazole rings is 1. The molecule has 0 atom stereocenters. The van der Waals surface area contributed by atoms with Crippen molar-refractivity contribution in [3.63, 3.8) is 0 Å². The van der Waals surface area contributed by atoms with Crippen LogP contribution in [-0.2, 0) is 0 Å². The first-order valence-electron chi connectivity index (χ1n) is 8.23. The number of hydrogen-bond acceptors (Lipinski definition) is 4. The minimum absolute atomic E-state index is 0.0874. The first-order chi connectivity index (χ1) is 12.5. The maximum Gasteiger partial charge on any atom is 0.260 e. The minimum Gasteiger partial charge on any atom is -0.309 e. The predicted molar refractivity (Wildman–Crippen MR) is 111 cm³/mol. The smallest absolute Gasteiger partial charge is 0.260 e. The van der Waals surface area contributed by atoms with E-state index in [0.29, 0.717) is 27.3 Å². The molecular formula is C19H19Cl2N3OS. The first kappa shape index (κ1) is 19.1. The van der Waals surface area contributed by atoms with Gasteiger partial charge in [0.2, 0.25) is 0 Å². The van der Waals surface area contributed by atoms with Crippen LogP contribution in [0.1, 0.15) is 16.8 Å². The normalized spacial score (nSPS) is 11.3. The predicted octanol–water partition coefficient (Wildman–Crippen LogP) is 5.20. The lowest BCUT2D eigenvalue weighted by Gasteiger charge is -2.21. The molecule has 1 heterocycles. The number of rotatable bonds is 6. The van der Waals surface area contributed by atoms with E-state index in [-0.39, 0.29) is 5.91 Å². The Bertz CT molecular complexity index is 909. The number of fused-ring (bicyclic) bond motifs is 1. The molecule has 1 aromatic heterocycles. The lowest BCUT2D eigenvalue weighted by atomic mass is 10.2. The van der Waals surface area contributed by atoms with Gasteiger partial charge in [0.15, 0.2) is 5.13 Å². The molecule has 0 bridgehead atoms. The fourth-order valence-corrected chi connectivity index (χ4v) is 4.01. The molecule has 2 aromatic carbocycles.